The van der Waals surface area contributed by atoms with Crippen LogP contribution in [0.1, 0.15) is 9.75 Å². The van der Waals surface area contributed by atoms with Gasteiger partial charge in [-0.15, -0.1) is 22.7 Å². The summed E-state index contributed by atoms with van der Waals surface area (Å²) in [5, 5.41) is 7.00. The van der Waals surface area contributed by atoms with E-state index in [4.69, 9.17) is 9.47 Å². The minimum Gasteiger partial charge on any atom is -0.497 e. The second-order valence-corrected chi connectivity index (χ2v) is 7.84. The van der Waals surface area contributed by atoms with Crippen LogP contribution in [0.5, 0.6) is 11.5 Å². The fraction of sp³-hybridized carbons (Fsp3) is 0.250. The number of methoxy groups -OCH3 is 1. The van der Waals surface area contributed by atoms with Crippen molar-refractivity contribution in [2.45, 2.75) is 13.1 Å². The number of ether oxygens (including phenoxy) is 2. The van der Waals surface area contributed by atoms with Gasteiger partial charge in [-0.3, -0.25) is 0 Å². The molecule has 0 aliphatic rings. The van der Waals surface area contributed by atoms with Crippen LogP contribution < -0.4 is 14.8 Å². The molecule has 2 amide bonds. The summed E-state index contributed by atoms with van der Waals surface area (Å²) >= 11 is 3.31. The third kappa shape index (κ3) is 6.01. The van der Waals surface area contributed by atoms with Crippen molar-refractivity contribution >= 4 is 28.7 Å². The SMILES string of the molecule is COc1cccc(OCCNC(=O)N(Cc2cccs2)Cc2cccs2)c1. The first-order valence-electron chi connectivity index (χ1n) is 8.59. The van der Waals surface area contributed by atoms with E-state index in [1.807, 2.05) is 64.2 Å². The molecule has 0 spiro atoms. The quantitative estimate of drug-likeness (QED) is 0.532. The molecule has 0 aliphatic carbocycles. The van der Waals surface area contributed by atoms with Crippen LogP contribution in [0.3, 0.4) is 0 Å². The summed E-state index contributed by atoms with van der Waals surface area (Å²) in [5.74, 6) is 1.47. The second kappa shape index (κ2) is 9.99. The maximum Gasteiger partial charge on any atom is 0.318 e. The van der Waals surface area contributed by atoms with Crippen LogP contribution in [0.2, 0.25) is 0 Å². The van der Waals surface area contributed by atoms with E-state index in [0.29, 0.717) is 26.2 Å². The van der Waals surface area contributed by atoms with Gasteiger partial charge in [-0.1, -0.05) is 18.2 Å². The predicted octanol–water partition coefficient (Wildman–Crippen LogP) is 4.61. The summed E-state index contributed by atoms with van der Waals surface area (Å²) < 4.78 is 10.9. The fourth-order valence-electron chi connectivity index (χ4n) is 2.51. The standard InChI is InChI=1S/C20H22N2O3S2/c1-24-16-5-2-6-17(13-16)25-10-9-21-20(23)22(14-18-7-3-11-26-18)15-19-8-4-12-27-19/h2-8,11-13H,9-10,14-15H2,1H3,(H,21,23). The lowest BCUT2D eigenvalue weighted by Gasteiger charge is -2.22. The normalized spacial score (nSPS) is 10.4. The molecule has 0 saturated carbocycles. The third-order valence-electron chi connectivity index (χ3n) is 3.83. The molecule has 3 aromatic rings. The number of benzene rings is 1. The van der Waals surface area contributed by atoms with E-state index >= 15 is 0 Å². The average molecular weight is 403 g/mol. The molecule has 2 heterocycles. The first kappa shape index (κ1) is 19.3. The van der Waals surface area contributed by atoms with E-state index in [1.165, 1.54) is 0 Å². The third-order valence-corrected chi connectivity index (χ3v) is 5.55. The Morgan fingerprint density at radius 2 is 1.67 bits per heavy atom. The van der Waals surface area contributed by atoms with Gasteiger partial charge in [-0.05, 0) is 35.0 Å². The lowest BCUT2D eigenvalue weighted by Crippen LogP contribution is -2.40. The molecule has 1 N–H and O–H groups in total. The summed E-state index contributed by atoms with van der Waals surface area (Å²) in [4.78, 5) is 16.8. The highest BCUT2D eigenvalue weighted by Crippen LogP contribution is 2.19. The van der Waals surface area contributed by atoms with Crippen LogP contribution in [-0.4, -0.2) is 31.2 Å². The molecule has 0 saturated heterocycles. The van der Waals surface area contributed by atoms with E-state index in [2.05, 4.69) is 5.32 Å². The molecule has 0 radical (unpaired) electrons. The molecule has 27 heavy (non-hydrogen) atoms. The largest absolute Gasteiger partial charge is 0.497 e. The molecule has 0 bridgehead atoms. The molecule has 2 aromatic heterocycles. The van der Waals surface area contributed by atoms with E-state index in [1.54, 1.807) is 29.8 Å². The monoisotopic (exact) mass is 402 g/mol. The number of carbonyl (C=O) groups is 1. The van der Waals surface area contributed by atoms with E-state index in [-0.39, 0.29) is 6.03 Å². The van der Waals surface area contributed by atoms with Gasteiger partial charge < -0.3 is 19.7 Å². The summed E-state index contributed by atoms with van der Waals surface area (Å²) in [6.45, 7) is 2.02. The molecule has 7 heteroatoms. The maximum absolute atomic E-state index is 12.7. The lowest BCUT2D eigenvalue weighted by molar-refractivity contribution is 0.190. The van der Waals surface area contributed by atoms with Gasteiger partial charge >= 0.3 is 6.03 Å². The van der Waals surface area contributed by atoms with Gasteiger partial charge in [0.25, 0.3) is 0 Å². The number of carbonyl (C=O) groups excluding carboxylic acids is 1. The van der Waals surface area contributed by atoms with Crippen LogP contribution in [0.4, 0.5) is 4.79 Å². The molecule has 0 aliphatic heterocycles. The zero-order chi connectivity index (χ0) is 18.9. The number of nitrogens with one attached hydrogen (secondary N) is 1. The molecule has 0 fully saturated rings. The zero-order valence-electron chi connectivity index (χ0n) is 15.1. The number of hydrogen-bond donors (Lipinski definition) is 1. The predicted molar refractivity (Wildman–Crippen MR) is 110 cm³/mol. The van der Waals surface area contributed by atoms with Crippen LogP contribution in [0.25, 0.3) is 0 Å². The smallest absolute Gasteiger partial charge is 0.318 e. The van der Waals surface area contributed by atoms with Crippen molar-refractivity contribution < 1.29 is 14.3 Å². The van der Waals surface area contributed by atoms with Crippen LogP contribution in [0.15, 0.2) is 59.3 Å². The Bertz CT molecular complexity index is 783. The van der Waals surface area contributed by atoms with Gasteiger partial charge in [-0.25, -0.2) is 4.79 Å². The van der Waals surface area contributed by atoms with E-state index in [0.717, 1.165) is 21.3 Å². The van der Waals surface area contributed by atoms with Crippen LogP contribution in [0, 0.1) is 0 Å². The number of nitrogens with zero attached hydrogens (tertiary/aromatic N) is 1. The van der Waals surface area contributed by atoms with Gasteiger partial charge in [0.1, 0.15) is 18.1 Å². The van der Waals surface area contributed by atoms with Crippen molar-refractivity contribution in [3.8, 4) is 11.5 Å². The number of amides is 2. The molecular formula is C20H22N2O3S2. The molecule has 1 aromatic carbocycles. The second-order valence-electron chi connectivity index (χ2n) is 5.77. The number of thiophene rings is 2. The Morgan fingerprint density at radius 1 is 1.00 bits per heavy atom. The summed E-state index contributed by atoms with van der Waals surface area (Å²) in [5.41, 5.74) is 0. The highest BCUT2D eigenvalue weighted by atomic mass is 32.1. The zero-order valence-corrected chi connectivity index (χ0v) is 16.7. The van der Waals surface area contributed by atoms with Gasteiger partial charge in [0.2, 0.25) is 0 Å². The van der Waals surface area contributed by atoms with E-state index < -0.39 is 0 Å². The average Bonchev–Trinajstić information content (AvgIpc) is 3.39. The minimum absolute atomic E-state index is 0.0916. The summed E-state index contributed by atoms with van der Waals surface area (Å²) in [6, 6.07) is 15.4. The maximum atomic E-state index is 12.7. The molecule has 3 rings (SSSR count). The highest BCUT2D eigenvalue weighted by molar-refractivity contribution is 7.10. The van der Waals surface area contributed by atoms with Gasteiger partial charge in [-0.2, -0.15) is 0 Å². The summed E-state index contributed by atoms with van der Waals surface area (Å²) in [6.07, 6.45) is 0. The number of rotatable bonds is 9. The molecule has 5 nitrogen and oxygen atoms in total. The van der Waals surface area contributed by atoms with Gasteiger partial charge in [0.15, 0.2) is 0 Å². The van der Waals surface area contributed by atoms with Crippen molar-refractivity contribution in [1.82, 2.24) is 10.2 Å². The number of hydrogen-bond acceptors (Lipinski definition) is 5. The summed E-state index contributed by atoms with van der Waals surface area (Å²) in [7, 11) is 1.62. The topological polar surface area (TPSA) is 50.8 Å². The molecule has 0 unspecified atom stereocenters. The van der Waals surface area contributed by atoms with E-state index in [9.17, 15) is 4.79 Å². The molecular weight excluding hydrogens is 380 g/mol. The highest BCUT2D eigenvalue weighted by Gasteiger charge is 2.15. The fourth-order valence-corrected chi connectivity index (χ4v) is 3.95. The van der Waals surface area contributed by atoms with Crippen LogP contribution in [-0.2, 0) is 13.1 Å². The molecule has 0 atom stereocenters. The van der Waals surface area contributed by atoms with Crippen molar-refractivity contribution in [3.05, 3.63) is 69.0 Å². The van der Waals surface area contributed by atoms with Gasteiger partial charge in [0.05, 0.1) is 26.7 Å². The Kier molecular flexibility index (Phi) is 7.12. The van der Waals surface area contributed by atoms with Gasteiger partial charge in [0, 0.05) is 15.8 Å². The minimum atomic E-state index is -0.0916. The van der Waals surface area contributed by atoms with Crippen molar-refractivity contribution in [1.29, 1.82) is 0 Å². The van der Waals surface area contributed by atoms with Crippen LogP contribution >= 0.6 is 22.7 Å². The molecule has 142 valence electrons. The Labute approximate surface area is 167 Å². The van der Waals surface area contributed by atoms with Crippen molar-refractivity contribution in [3.63, 3.8) is 0 Å². The first-order chi connectivity index (χ1) is 13.2. The Morgan fingerprint density at radius 3 is 2.26 bits per heavy atom. The Balaban J connectivity index is 1.50. The lowest BCUT2D eigenvalue weighted by atomic mass is 10.3. The number of urea groups is 1. The Hall–Kier alpha value is -2.51. The van der Waals surface area contributed by atoms with Crippen molar-refractivity contribution in [2.24, 2.45) is 0 Å². The van der Waals surface area contributed by atoms with Crippen molar-refractivity contribution in [2.75, 3.05) is 20.3 Å². The first-order valence-corrected chi connectivity index (χ1v) is 10.3.